The molecule has 1 amide bonds. The minimum absolute atomic E-state index is 0.149. The van der Waals surface area contributed by atoms with Crippen LogP contribution in [0.3, 0.4) is 0 Å². The lowest BCUT2D eigenvalue weighted by Crippen LogP contribution is -2.43. The summed E-state index contributed by atoms with van der Waals surface area (Å²) in [6.45, 7) is 3.92. The Labute approximate surface area is 179 Å². The smallest absolute Gasteiger partial charge is 0.341 e. The first-order valence-electron chi connectivity index (χ1n) is 10.2. The van der Waals surface area contributed by atoms with Crippen molar-refractivity contribution in [1.29, 1.82) is 0 Å². The number of carbonyl (C=O) groups excluding carboxylic acids is 2. The van der Waals surface area contributed by atoms with E-state index in [1.54, 1.807) is 0 Å². The van der Waals surface area contributed by atoms with E-state index in [4.69, 9.17) is 14.2 Å². The first kappa shape index (κ1) is 20.7. The molecule has 4 rings (SSSR count). The quantitative estimate of drug-likeness (QED) is 0.680. The van der Waals surface area contributed by atoms with Crippen molar-refractivity contribution >= 4 is 28.2 Å². The molecule has 1 N–H and O–H groups in total. The van der Waals surface area contributed by atoms with Gasteiger partial charge >= 0.3 is 5.97 Å². The lowest BCUT2D eigenvalue weighted by Gasteiger charge is -2.30. The van der Waals surface area contributed by atoms with Crippen molar-refractivity contribution < 1.29 is 23.8 Å². The molecule has 1 aliphatic carbocycles. The Morgan fingerprint density at radius 3 is 2.83 bits per heavy atom. The van der Waals surface area contributed by atoms with E-state index in [0.717, 1.165) is 36.3 Å². The van der Waals surface area contributed by atoms with Crippen molar-refractivity contribution in [2.75, 3.05) is 38.7 Å². The maximum Gasteiger partial charge on any atom is 0.341 e. The topological polar surface area (TPSA) is 77.1 Å². The molecule has 160 valence electrons. The summed E-state index contributed by atoms with van der Waals surface area (Å²) >= 11 is 1.49. The highest BCUT2D eigenvalue weighted by Gasteiger charge is 2.29. The molecular weight excluding hydrogens is 404 g/mol. The molecule has 30 heavy (non-hydrogen) atoms. The number of benzene rings is 1. The van der Waals surface area contributed by atoms with Crippen LogP contribution in [0.1, 0.15) is 34.1 Å². The predicted octanol–water partition coefficient (Wildman–Crippen LogP) is 3.12. The van der Waals surface area contributed by atoms with Crippen molar-refractivity contribution in [2.45, 2.75) is 32.3 Å². The monoisotopic (exact) mass is 430 g/mol. The summed E-state index contributed by atoms with van der Waals surface area (Å²) in [5, 5.41) is 3.53. The highest BCUT2D eigenvalue weighted by atomic mass is 32.1. The van der Waals surface area contributed by atoms with E-state index < -0.39 is 0 Å². The molecule has 1 aliphatic heterocycles. The van der Waals surface area contributed by atoms with Crippen LogP contribution in [0.2, 0.25) is 0 Å². The third-order valence-corrected chi connectivity index (χ3v) is 6.61. The summed E-state index contributed by atoms with van der Waals surface area (Å²) < 4.78 is 16.7. The van der Waals surface area contributed by atoms with Crippen LogP contribution in [0.25, 0.3) is 0 Å². The largest absolute Gasteiger partial charge is 0.486 e. The number of esters is 1. The van der Waals surface area contributed by atoms with Crippen LogP contribution in [0.5, 0.6) is 11.5 Å². The number of likely N-dealkylation sites (N-methyl/N-ethyl adjacent to an activating group) is 1. The zero-order chi connectivity index (χ0) is 21.1. The van der Waals surface area contributed by atoms with Gasteiger partial charge in [0, 0.05) is 11.4 Å². The maximum absolute atomic E-state index is 12.7. The molecule has 2 heterocycles. The zero-order valence-corrected chi connectivity index (χ0v) is 18.0. The second-order valence-electron chi connectivity index (χ2n) is 7.43. The lowest BCUT2D eigenvalue weighted by molar-refractivity contribution is -0.117. The number of carbonyl (C=O) groups is 2. The Hall–Kier alpha value is -2.58. The number of amides is 1. The molecule has 2 aromatic rings. The SMILES string of the molecule is CCN(CC(=O)Nc1sc2c(c1C(=O)OC)CCC2)C[C@@H]1COc2ccccc2O1. The van der Waals surface area contributed by atoms with Gasteiger partial charge < -0.3 is 19.5 Å². The normalized spacial score (nSPS) is 17.0. The Kier molecular flexibility index (Phi) is 6.24. The first-order valence-corrected chi connectivity index (χ1v) is 11.0. The zero-order valence-electron chi connectivity index (χ0n) is 17.2. The van der Waals surface area contributed by atoms with E-state index in [1.807, 2.05) is 36.1 Å². The number of rotatable bonds is 7. The van der Waals surface area contributed by atoms with E-state index in [9.17, 15) is 9.59 Å². The molecule has 0 saturated heterocycles. The third-order valence-electron chi connectivity index (χ3n) is 5.41. The van der Waals surface area contributed by atoms with Gasteiger partial charge in [-0.3, -0.25) is 9.69 Å². The van der Waals surface area contributed by atoms with Crippen LogP contribution in [0, 0.1) is 0 Å². The van der Waals surface area contributed by atoms with Gasteiger partial charge in [-0.05, 0) is 43.5 Å². The first-order chi connectivity index (χ1) is 14.6. The number of fused-ring (bicyclic) bond motifs is 2. The molecule has 0 fully saturated rings. The number of nitrogens with zero attached hydrogens (tertiary/aromatic N) is 1. The molecule has 1 atom stereocenters. The molecule has 0 radical (unpaired) electrons. The Morgan fingerprint density at radius 2 is 2.07 bits per heavy atom. The highest BCUT2D eigenvalue weighted by Crippen LogP contribution is 2.39. The van der Waals surface area contributed by atoms with Crippen LogP contribution in [-0.4, -0.2) is 56.2 Å². The molecule has 7 nitrogen and oxygen atoms in total. The van der Waals surface area contributed by atoms with E-state index >= 15 is 0 Å². The Balaban J connectivity index is 1.38. The summed E-state index contributed by atoms with van der Waals surface area (Å²) in [6.07, 6.45) is 2.69. The van der Waals surface area contributed by atoms with Gasteiger partial charge in [0.05, 0.1) is 19.2 Å². The Bertz CT molecular complexity index is 942. The highest BCUT2D eigenvalue weighted by molar-refractivity contribution is 7.17. The van der Waals surface area contributed by atoms with Gasteiger partial charge in [-0.25, -0.2) is 4.79 Å². The van der Waals surface area contributed by atoms with Crippen molar-refractivity contribution in [2.24, 2.45) is 0 Å². The molecule has 0 saturated carbocycles. The van der Waals surface area contributed by atoms with Gasteiger partial charge in [0.1, 0.15) is 17.7 Å². The molecule has 0 bridgehead atoms. The number of methoxy groups -OCH3 is 1. The van der Waals surface area contributed by atoms with Crippen LogP contribution in [-0.2, 0) is 22.4 Å². The lowest BCUT2D eigenvalue weighted by atomic mass is 10.1. The number of aryl methyl sites for hydroxylation is 1. The van der Waals surface area contributed by atoms with Crippen LogP contribution < -0.4 is 14.8 Å². The molecule has 0 spiro atoms. The van der Waals surface area contributed by atoms with E-state index in [1.165, 1.54) is 23.3 Å². The summed E-state index contributed by atoms with van der Waals surface area (Å²) in [4.78, 5) is 28.2. The number of thiophene rings is 1. The summed E-state index contributed by atoms with van der Waals surface area (Å²) in [5.41, 5.74) is 1.55. The number of ether oxygens (including phenoxy) is 3. The number of hydrogen-bond acceptors (Lipinski definition) is 7. The average Bonchev–Trinajstić information content (AvgIpc) is 3.33. The Morgan fingerprint density at radius 1 is 1.27 bits per heavy atom. The molecular formula is C22H26N2O5S. The van der Waals surface area contributed by atoms with Gasteiger partial charge in [0.15, 0.2) is 11.5 Å². The van der Waals surface area contributed by atoms with Crippen molar-refractivity contribution in [1.82, 2.24) is 4.90 Å². The van der Waals surface area contributed by atoms with Gasteiger partial charge in [-0.1, -0.05) is 19.1 Å². The van der Waals surface area contributed by atoms with Gasteiger partial charge in [0.25, 0.3) is 0 Å². The fraction of sp³-hybridized carbons (Fsp3) is 0.455. The van der Waals surface area contributed by atoms with Crippen molar-refractivity contribution in [3.63, 3.8) is 0 Å². The van der Waals surface area contributed by atoms with Crippen LogP contribution in [0.4, 0.5) is 5.00 Å². The van der Waals surface area contributed by atoms with Crippen LogP contribution in [0.15, 0.2) is 24.3 Å². The van der Waals surface area contributed by atoms with E-state index in [2.05, 4.69) is 5.32 Å². The molecule has 0 unspecified atom stereocenters. The maximum atomic E-state index is 12.7. The van der Waals surface area contributed by atoms with Crippen LogP contribution >= 0.6 is 11.3 Å². The molecule has 1 aromatic carbocycles. The molecule has 1 aromatic heterocycles. The number of nitrogens with one attached hydrogen (secondary N) is 1. The minimum Gasteiger partial charge on any atom is -0.486 e. The predicted molar refractivity (Wildman–Crippen MR) is 115 cm³/mol. The van der Waals surface area contributed by atoms with Gasteiger partial charge in [-0.15, -0.1) is 11.3 Å². The number of para-hydroxylation sites is 2. The van der Waals surface area contributed by atoms with E-state index in [-0.39, 0.29) is 24.5 Å². The second kappa shape index (κ2) is 9.06. The van der Waals surface area contributed by atoms with Crippen molar-refractivity contribution in [3.05, 3.63) is 40.3 Å². The van der Waals surface area contributed by atoms with Crippen molar-refractivity contribution in [3.8, 4) is 11.5 Å². The minimum atomic E-state index is -0.386. The molecule has 8 heteroatoms. The standard InChI is InChI=1S/C22H26N2O5S/c1-3-24(11-14-13-28-16-8-4-5-9-17(16)29-14)12-19(25)23-21-20(22(26)27-2)15-7-6-10-18(15)30-21/h4-5,8-9,14H,3,6-7,10-13H2,1-2H3,(H,23,25)/t14-/m1/s1. The molecule has 2 aliphatic rings. The summed E-state index contributed by atoms with van der Waals surface area (Å²) in [6, 6.07) is 7.59. The second-order valence-corrected chi connectivity index (χ2v) is 8.53. The average molecular weight is 431 g/mol. The summed E-state index contributed by atoms with van der Waals surface area (Å²) in [5.74, 6) is 0.934. The van der Waals surface area contributed by atoms with Gasteiger partial charge in [-0.2, -0.15) is 0 Å². The summed E-state index contributed by atoms with van der Waals surface area (Å²) in [7, 11) is 1.37. The van der Waals surface area contributed by atoms with E-state index in [0.29, 0.717) is 30.3 Å². The third kappa shape index (κ3) is 4.29. The fourth-order valence-corrected chi connectivity index (χ4v) is 5.22. The van der Waals surface area contributed by atoms with Gasteiger partial charge in [0.2, 0.25) is 5.91 Å². The number of hydrogen-bond donors (Lipinski definition) is 1. The fourth-order valence-electron chi connectivity index (χ4n) is 3.93. The number of anilines is 1.